The van der Waals surface area contributed by atoms with Gasteiger partial charge in [0, 0.05) is 23.6 Å². The van der Waals surface area contributed by atoms with Crippen LogP contribution in [0, 0.1) is 0 Å². The van der Waals surface area contributed by atoms with E-state index in [1.807, 2.05) is 59.2 Å². The average Bonchev–Trinajstić information content (AvgIpc) is 3.12. The molecule has 1 atom stereocenters. The number of nitrogens with zero attached hydrogens (tertiary/aromatic N) is 2. The first-order chi connectivity index (χ1) is 14.6. The number of amides is 1. The summed E-state index contributed by atoms with van der Waals surface area (Å²) in [6, 6.07) is 24.2. The monoisotopic (exact) mass is 419 g/mol. The van der Waals surface area contributed by atoms with E-state index >= 15 is 0 Å². The average molecular weight is 420 g/mol. The van der Waals surface area contributed by atoms with Crippen LogP contribution in [0.3, 0.4) is 0 Å². The largest absolute Gasteiger partial charge is 0.387 e. The van der Waals surface area contributed by atoms with Gasteiger partial charge in [-0.3, -0.25) is 4.79 Å². The lowest BCUT2D eigenvalue weighted by Gasteiger charge is -2.15. The van der Waals surface area contributed by atoms with Crippen LogP contribution in [0.4, 0.5) is 0 Å². The summed E-state index contributed by atoms with van der Waals surface area (Å²) in [6.07, 6.45) is -0.141. The number of fused-ring (bicyclic) bond motifs is 1. The SMILES string of the molecule is O=C(NCCc1nc2ccccc2n1CC(O)c1ccc(Cl)cc1)c1ccccc1. The van der Waals surface area contributed by atoms with E-state index in [2.05, 4.69) is 5.32 Å². The number of carbonyl (C=O) groups excluding carboxylic acids is 1. The highest BCUT2D eigenvalue weighted by Crippen LogP contribution is 2.23. The number of benzene rings is 3. The third-order valence-electron chi connectivity index (χ3n) is 5.01. The van der Waals surface area contributed by atoms with E-state index in [0.717, 1.165) is 22.4 Å². The second kappa shape index (κ2) is 9.11. The van der Waals surface area contributed by atoms with Crippen LogP contribution in [0.15, 0.2) is 78.9 Å². The molecule has 3 aromatic carbocycles. The van der Waals surface area contributed by atoms with Crippen molar-refractivity contribution in [3.63, 3.8) is 0 Å². The van der Waals surface area contributed by atoms with E-state index < -0.39 is 6.10 Å². The maximum Gasteiger partial charge on any atom is 0.251 e. The van der Waals surface area contributed by atoms with Gasteiger partial charge in [0.15, 0.2) is 0 Å². The first kappa shape index (κ1) is 20.1. The van der Waals surface area contributed by atoms with Gasteiger partial charge in [-0.1, -0.05) is 54.1 Å². The maximum atomic E-state index is 12.3. The molecule has 0 spiro atoms. The number of halogens is 1. The minimum absolute atomic E-state index is 0.112. The molecule has 0 fully saturated rings. The predicted molar refractivity (Wildman–Crippen MR) is 119 cm³/mol. The summed E-state index contributed by atoms with van der Waals surface area (Å²) in [5.74, 6) is 0.706. The number of imidazole rings is 1. The Morgan fingerprint density at radius 3 is 2.47 bits per heavy atom. The van der Waals surface area contributed by atoms with Gasteiger partial charge in [-0.05, 0) is 42.0 Å². The zero-order chi connectivity index (χ0) is 20.9. The molecule has 0 aliphatic heterocycles. The first-order valence-electron chi connectivity index (χ1n) is 9.83. The van der Waals surface area contributed by atoms with Gasteiger partial charge in [0.2, 0.25) is 0 Å². The summed E-state index contributed by atoms with van der Waals surface area (Å²) < 4.78 is 2.02. The molecule has 4 aromatic rings. The molecule has 1 amide bonds. The van der Waals surface area contributed by atoms with E-state index in [4.69, 9.17) is 16.6 Å². The Hall–Kier alpha value is -3.15. The molecule has 30 heavy (non-hydrogen) atoms. The fourth-order valence-electron chi connectivity index (χ4n) is 3.46. The van der Waals surface area contributed by atoms with E-state index in [-0.39, 0.29) is 5.91 Å². The number of para-hydroxylation sites is 2. The number of carbonyl (C=O) groups is 1. The number of rotatable bonds is 7. The quantitative estimate of drug-likeness (QED) is 0.466. The smallest absolute Gasteiger partial charge is 0.251 e. The molecule has 0 saturated heterocycles. The standard InChI is InChI=1S/C24H22ClN3O2/c25-19-12-10-17(11-13-19)22(29)16-28-21-9-5-4-8-20(21)27-23(28)14-15-26-24(30)18-6-2-1-3-7-18/h1-13,22,29H,14-16H2,(H,26,30). The molecule has 0 aliphatic carbocycles. The molecule has 6 heteroatoms. The number of aromatic nitrogens is 2. The Morgan fingerprint density at radius 2 is 1.70 bits per heavy atom. The van der Waals surface area contributed by atoms with Crippen LogP contribution in [-0.4, -0.2) is 27.1 Å². The minimum Gasteiger partial charge on any atom is -0.387 e. The van der Waals surface area contributed by atoms with Crippen molar-refractivity contribution < 1.29 is 9.90 Å². The van der Waals surface area contributed by atoms with Crippen molar-refractivity contribution in [3.05, 3.63) is 101 Å². The molecule has 0 bridgehead atoms. The second-order valence-corrected chi connectivity index (χ2v) is 7.50. The molecule has 4 rings (SSSR count). The molecule has 5 nitrogen and oxygen atoms in total. The van der Waals surface area contributed by atoms with E-state index in [1.165, 1.54) is 0 Å². The van der Waals surface area contributed by atoms with Gasteiger partial charge < -0.3 is 15.0 Å². The predicted octanol–water partition coefficient (Wildman–Crippen LogP) is 4.40. The lowest BCUT2D eigenvalue weighted by molar-refractivity contribution is 0.0953. The fourth-order valence-corrected chi connectivity index (χ4v) is 3.59. The summed E-state index contributed by atoms with van der Waals surface area (Å²) >= 11 is 5.96. The Balaban J connectivity index is 1.51. The van der Waals surface area contributed by atoms with E-state index in [0.29, 0.717) is 30.1 Å². The third kappa shape index (κ3) is 4.53. The summed E-state index contributed by atoms with van der Waals surface area (Å²) in [4.78, 5) is 17.0. The minimum atomic E-state index is -0.697. The van der Waals surface area contributed by atoms with Crippen molar-refractivity contribution in [2.75, 3.05) is 6.54 Å². The van der Waals surface area contributed by atoms with Crippen LogP contribution in [-0.2, 0) is 13.0 Å². The van der Waals surface area contributed by atoms with Crippen LogP contribution in [0.5, 0.6) is 0 Å². The van der Waals surface area contributed by atoms with Crippen LogP contribution in [0.25, 0.3) is 11.0 Å². The molecule has 0 radical (unpaired) electrons. The van der Waals surface area contributed by atoms with Crippen molar-refractivity contribution in [2.45, 2.75) is 19.1 Å². The highest BCUT2D eigenvalue weighted by Gasteiger charge is 2.16. The fraction of sp³-hybridized carbons (Fsp3) is 0.167. The van der Waals surface area contributed by atoms with Crippen LogP contribution >= 0.6 is 11.6 Å². The molecule has 1 heterocycles. The van der Waals surface area contributed by atoms with E-state index in [1.54, 1.807) is 24.3 Å². The second-order valence-electron chi connectivity index (χ2n) is 7.07. The van der Waals surface area contributed by atoms with Gasteiger partial charge in [0.25, 0.3) is 5.91 Å². The van der Waals surface area contributed by atoms with Crippen LogP contribution < -0.4 is 5.32 Å². The molecular weight excluding hydrogens is 398 g/mol. The first-order valence-corrected chi connectivity index (χ1v) is 10.2. The maximum absolute atomic E-state index is 12.3. The number of nitrogens with one attached hydrogen (secondary N) is 1. The highest BCUT2D eigenvalue weighted by atomic mass is 35.5. The van der Waals surface area contributed by atoms with Gasteiger partial charge >= 0.3 is 0 Å². The zero-order valence-electron chi connectivity index (χ0n) is 16.3. The topological polar surface area (TPSA) is 67.2 Å². The summed E-state index contributed by atoms with van der Waals surface area (Å²) in [6.45, 7) is 0.818. The van der Waals surface area contributed by atoms with Crippen molar-refractivity contribution in [3.8, 4) is 0 Å². The molecule has 1 unspecified atom stereocenters. The van der Waals surface area contributed by atoms with Crippen molar-refractivity contribution >= 4 is 28.5 Å². The number of aliphatic hydroxyl groups is 1. The zero-order valence-corrected chi connectivity index (χ0v) is 17.1. The van der Waals surface area contributed by atoms with Gasteiger partial charge in [-0.15, -0.1) is 0 Å². The molecule has 152 valence electrons. The molecule has 0 saturated carbocycles. The molecule has 0 aliphatic rings. The molecular formula is C24H22ClN3O2. The lowest BCUT2D eigenvalue weighted by Crippen LogP contribution is -2.26. The van der Waals surface area contributed by atoms with Crippen molar-refractivity contribution in [1.29, 1.82) is 0 Å². The van der Waals surface area contributed by atoms with Crippen molar-refractivity contribution in [2.24, 2.45) is 0 Å². The van der Waals surface area contributed by atoms with Crippen molar-refractivity contribution in [1.82, 2.24) is 14.9 Å². The van der Waals surface area contributed by atoms with Gasteiger partial charge in [0.05, 0.1) is 23.7 Å². The summed E-state index contributed by atoms with van der Waals surface area (Å²) in [5, 5.41) is 14.3. The third-order valence-corrected chi connectivity index (χ3v) is 5.27. The Morgan fingerprint density at radius 1 is 1.00 bits per heavy atom. The summed E-state index contributed by atoms with van der Waals surface area (Å²) in [7, 11) is 0. The van der Waals surface area contributed by atoms with Crippen LogP contribution in [0.2, 0.25) is 5.02 Å². The number of hydrogen-bond acceptors (Lipinski definition) is 3. The Bertz CT molecular complexity index is 1140. The van der Waals surface area contributed by atoms with Crippen LogP contribution in [0.1, 0.15) is 27.8 Å². The normalized spacial score (nSPS) is 12.1. The summed E-state index contributed by atoms with van der Waals surface area (Å²) in [5.41, 5.74) is 3.24. The van der Waals surface area contributed by atoms with Gasteiger partial charge in [-0.2, -0.15) is 0 Å². The lowest BCUT2D eigenvalue weighted by atomic mass is 10.1. The Labute approximate surface area is 179 Å². The van der Waals surface area contributed by atoms with E-state index in [9.17, 15) is 9.90 Å². The number of aliphatic hydroxyl groups excluding tert-OH is 1. The van der Waals surface area contributed by atoms with Gasteiger partial charge in [-0.25, -0.2) is 4.98 Å². The highest BCUT2D eigenvalue weighted by molar-refractivity contribution is 6.30. The Kier molecular flexibility index (Phi) is 6.12. The number of hydrogen-bond donors (Lipinski definition) is 2. The molecule has 1 aromatic heterocycles. The molecule has 2 N–H and O–H groups in total. The van der Waals surface area contributed by atoms with Gasteiger partial charge in [0.1, 0.15) is 5.82 Å².